The maximum absolute atomic E-state index is 15.1. The molecule has 2 aromatic heterocycles. The number of aromatic nitrogens is 1. The van der Waals surface area contributed by atoms with Crippen LogP contribution in [0.1, 0.15) is 41.7 Å². The second-order valence-corrected chi connectivity index (χ2v) is 15.4. The summed E-state index contributed by atoms with van der Waals surface area (Å²) in [7, 11) is -1.75. The van der Waals surface area contributed by atoms with Gasteiger partial charge in [0.25, 0.3) is 0 Å². The van der Waals surface area contributed by atoms with Gasteiger partial charge in [-0.2, -0.15) is 0 Å². The molecule has 204 valence electrons. The summed E-state index contributed by atoms with van der Waals surface area (Å²) in [5, 5.41) is 4.19. The molecule has 0 spiro atoms. The normalized spacial score (nSPS) is 17.0. The predicted octanol–water partition coefficient (Wildman–Crippen LogP) is 4.25. The average Bonchev–Trinajstić information content (AvgIpc) is 3.39. The highest BCUT2D eigenvalue weighted by Crippen LogP contribution is 2.35. The molecule has 0 radical (unpaired) electrons. The SMILES string of the molecule is CCOC(=O)c1cncc2c(Nc3ccc([Si](C)(C)C)cc3F)c(C(=O)NOC[C@H]3COC(C)(C)O3)oc12. The van der Waals surface area contributed by atoms with Crippen LogP contribution < -0.4 is 16.0 Å². The summed E-state index contributed by atoms with van der Waals surface area (Å²) in [6.45, 7) is 12.1. The Labute approximate surface area is 220 Å². The zero-order valence-corrected chi connectivity index (χ0v) is 23.3. The number of pyridine rings is 1. The highest BCUT2D eigenvalue weighted by atomic mass is 28.3. The largest absolute Gasteiger partial charge is 0.462 e. The number of nitrogens with one attached hydrogen (secondary N) is 2. The van der Waals surface area contributed by atoms with Crippen LogP contribution >= 0.6 is 0 Å². The van der Waals surface area contributed by atoms with Crippen molar-refractivity contribution in [1.82, 2.24) is 10.5 Å². The number of hydrogen-bond acceptors (Lipinski definition) is 9. The van der Waals surface area contributed by atoms with Crippen molar-refractivity contribution in [3.05, 3.63) is 47.7 Å². The van der Waals surface area contributed by atoms with Gasteiger partial charge in [-0.15, -0.1) is 0 Å². The van der Waals surface area contributed by atoms with E-state index in [2.05, 4.69) is 35.4 Å². The van der Waals surface area contributed by atoms with Gasteiger partial charge in [0.1, 0.15) is 29.8 Å². The zero-order valence-electron chi connectivity index (χ0n) is 22.3. The number of furan rings is 1. The highest BCUT2D eigenvalue weighted by Gasteiger charge is 2.33. The molecule has 1 atom stereocenters. The Hall–Kier alpha value is -3.32. The Kier molecular flexibility index (Phi) is 7.88. The Morgan fingerprint density at radius 2 is 2.00 bits per heavy atom. The lowest BCUT2D eigenvalue weighted by Gasteiger charge is -2.18. The molecule has 3 aromatic rings. The van der Waals surface area contributed by atoms with E-state index in [1.807, 2.05) is 6.07 Å². The first-order valence-corrected chi connectivity index (χ1v) is 15.8. The first-order chi connectivity index (χ1) is 17.9. The fraction of sp³-hybridized carbons (Fsp3) is 0.423. The number of nitrogens with zero attached hydrogens (tertiary/aromatic N) is 1. The summed E-state index contributed by atoms with van der Waals surface area (Å²) >= 11 is 0. The van der Waals surface area contributed by atoms with Crippen molar-refractivity contribution >= 4 is 47.5 Å². The number of hydrogen-bond donors (Lipinski definition) is 2. The molecular formula is C26H32FN3O7Si. The fourth-order valence-corrected chi connectivity index (χ4v) is 5.10. The number of fused-ring (bicyclic) bond motifs is 1. The van der Waals surface area contributed by atoms with Crippen LogP contribution in [0.25, 0.3) is 11.0 Å². The molecular weight excluding hydrogens is 513 g/mol. The Morgan fingerprint density at radius 1 is 1.24 bits per heavy atom. The fourth-order valence-electron chi connectivity index (χ4n) is 3.96. The molecule has 1 amide bonds. The molecule has 1 fully saturated rings. The maximum Gasteiger partial charge on any atom is 0.343 e. The van der Waals surface area contributed by atoms with Crippen molar-refractivity contribution in [2.45, 2.75) is 52.3 Å². The van der Waals surface area contributed by atoms with Crippen molar-refractivity contribution in [3.63, 3.8) is 0 Å². The Balaban J connectivity index is 1.66. The van der Waals surface area contributed by atoms with E-state index >= 15 is 4.39 Å². The van der Waals surface area contributed by atoms with Gasteiger partial charge in [-0.25, -0.2) is 14.7 Å². The van der Waals surface area contributed by atoms with Gasteiger partial charge in [-0.1, -0.05) is 30.9 Å². The quantitative estimate of drug-likeness (QED) is 0.231. The first-order valence-electron chi connectivity index (χ1n) is 12.3. The lowest BCUT2D eigenvalue weighted by Crippen LogP contribution is -2.37. The van der Waals surface area contributed by atoms with Gasteiger partial charge in [0, 0.05) is 12.4 Å². The molecule has 1 aliphatic rings. The van der Waals surface area contributed by atoms with E-state index in [-0.39, 0.29) is 47.6 Å². The maximum atomic E-state index is 15.1. The molecule has 2 N–H and O–H groups in total. The van der Waals surface area contributed by atoms with Crippen LogP contribution in [0.15, 0.2) is 35.0 Å². The molecule has 0 aliphatic carbocycles. The van der Waals surface area contributed by atoms with E-state index in [9.17, 15) is 9.59 Å². The number of carbonyl (C=O) groups excluding carboxylic acids is 2. The van der Waals surface area contributed by atoms with E-state index in [1.54, 1.807) is 26.8 Å². The van der Waals surface area contributed by atoms with Gasteiger partial charge < -0.3 is 23.9 Å². The van der Waals surface area contributed by atoms with Crippen molar-refractivity contribution in [2.24, 2.45) is 0 Å². The third kappa shape index (κ3) is 6.04. The van der Waals surface area contributed by atoms with E-state index in [0.29, 0.717) is 12.0 Å². The Morgan fingerprint density at radius 3 is 2.63 bits per heavy atom. The number of esters is 1. The van der Waals surface area contributed by atoms with Crippen LogP contribution in [0, 0.1) is 5.82 Å². The minimum Gasteiger partial charge on any atom is -0.462 e. The van der Waals surface area contributed by atoms with Crippen LogP contribution in [-0.2, 0) is 19.0 Å². The second-order valence-electron chi connectivity index (χ2n) is 10.4. The third-order valence-corrected chi connectivity index (χ3v) is 7.94. The average molecular weight is 546 g/mol. The third-order valence-electron chi connectivity index (χ3n) is 5.89. The standard InChI is InChI=1S/C26H32FN3O7Si/c1-7-33-25(32)18-12-28-11-17-21(29-20-9-8-16(10-19(20)27)38(4,5)6)23(36-22(17)18)24(31)30-35-14-15-13-34-26(2,3)37-15/h8-12,15,29H,7,13-14H2,1-6H3,(H,30,31)/t15-/m1/s1. The second kappa shape index (κ2) is 10.8. The molecule has 1 aromatic carbocycles. The van der Waals surface area contributed by atoms with Crippen molar-refractivity contribution < 1.29 is 37.4 Å². The van der Waals surface area contributed by atoms with Gasteiger partial charge >= 0.3 is 11.9 Å². The van der Waals surface area contributed by atoms with Gasteiger partial charge in [-0.3, -0.25) is 14.6 Å². The molecule has 4 rings (SSSR count). The zero-order chi connectivity index (χ0) is 27.7. The lowest BCUT2D eigenvalue weighted by molar-refractivity contribution is -0.147. The van der Waals surface area contributed by atoms with Crippen molar-refractivity contribution in [3.8, 4) is 0 Å². The minimum absolute atomic E-state index is 0.0283. The first kappa shape index (κ1) is 27.7. The summed E-state index contributed by atoms with van der Waals surface area (Å²) in [5.74, 6) is -2.87. The summed E-state index contributed by atoms with van der Waals surface area (Å²) in [6, 6.07) is 4.96. The Bertz CT molecular complexity index is 1350. The summed E-state index contributed by atoms with van der Waals surface area (Å²) in [5.41, 5.74) is 2.68. The molecule has 0 unspecified atom stereocenters. The number of benzene rings is 1. The molecule has 3 heterocycles. The monoisotopic (exact) mass is 545 g/mol. The number of anilines is 2. The number of amides is 1. The molecule has 38 heavy (non-hydrogen) atoms. The highest BCUT2D eigenvalue weighted by molar-refractivity contribution is 6.88. The van der Waals surface area contributed by atoms with Gasteiger partial charge in [-0.05, 0) is 32.9 Å². The molecule has 1 saturated heterocycles. The smallest absolute Gasteiger partial charge is 0.343 e. The van der Waals surface area contributed by atoms with Crippen LogP contribution in [0.2, 0.25) is 19.6 Å². The van der Waals surface area contributed by atoms with E-state index in [1.165, 1.54) is 18.5 Å². The van der Waals surface area contributed by atoms with Crippen LogP contribution in [-0.4, -0.2) is 56.6 Å². The van der Waals surface area contributed by atoms with E-state index in [0.717, 1.165) is 5.19 Å². The van der Waals surface area contributed by atoms with Crippen LogP contribution in [0.5, 0.6) is 0 Å². The number of ether oxygens (including phenoxy) is 3. The van der Waals surface area contributed by atoms with E-state index < -0.39 is 31.6 Å². The number of rotatable bonds is 9. The van der Waals surface area contributed by atoms with E-state index in [4.69, 9.17) is 23.5 Å². The van der Waals surface area contributed by atoms with Crippen LogP contribution in [0.3, 0.4) is 0 Å². The topological polar surface area (TPSA) is 121 Å². The molecule has 10 nitrogen and oxygen atoms in total. The summed E-state index contributed by atoms with van der Waals surface area (Å²) in [4.78, 5) is 35.1. The molecule has 0 saturated carbocycles. The molecule has 1 aliphatic heterocycles. The number of halogens is 1. The minimum atomic E-state index is -1.75. The summed E-state index contributed by atoms with van der Waals surface area (Å²) < 4.78 is 37.2. The number of carbonyl (C=O) groups is 2. The lowest BCUT2D eigenvalue weighted by atomic mass is 10.2. The molecule has 0 bridgehead atoms. The predicted molar refractivity (Wildman–Crippen MR) is 141 cm³/mol. The van der Waals surface area contributed by atoms with Crippen molar-refractivity contribution in [1.29, 1.82) is 0 Å². The molecule has 12 heteroatoms. The van der Waals surface area contributed by atoms with Gasteiger partial charge in [0.2, 0.25) is 5.76 Å². The van der Waals surface area contributed by atoms with Gasteiger partial charge in [0.05, 0.1) is 32.4 Å². The number of hydroxylamine groups is 1. The van der Waals surface area contributed by atoms with Crippen LogP contribution in [0.4, 0.5) is 15.8 Å². The summed E-state index contributed by atoms with van der Waals surface area (Å²) in [6.07, 6.45) is 2.33. The van der Waals surface area contributed by atoms with Gasteiger partial charge in [0.15, 0.2) is 11.4 Å². The van der Waals surface area contributed by atoms with Crippen molar-refractivity contribution in [2.75, 3.05) is 25.1 Å².